The molecule has 0 aliphatic heterocycles. The Morgan fingerprint density at radius 1 is 1.77 bits per heavy atom. The fourth-order valence-electron chi connectivity index (χ4n) is 0.809. The van der Waals surface area contributed by atoms with Gasteiger partial charge in [0, 0.05) is 11.9 Å². The van der Waals surface area contributed by atoms with Crippen LogP contribution >= 0.6 is 11.3 Å². The zero-order valence-electron chi connectivity index (χ0n) is 7.66. The van der Waals surface area contributed by atoms with Crippen LogP contribution < -0.4 is 5.32 Å². The lowest BCUT2D eigenvalue weighted by Crippen LogP contribution is -2.09. The smallest absolute Gasteiger partial charge is 0.307 e. The van der Waals surface area contributed by atoms with Crippen molar-refractivity contribution in [2.75, 3.05) is 19.0 Å². The molecule has 4 nitrogen and oxygen atoms in total. The number of hydrogen-bond donors (Lipinski definition) is 1. The molecule has 5 heteroatoms. The Balaban J connectivity index is 2.24. The van der Waals surface area contributed by atoms with Crippen LogP contribution in [0.2, 0.25) is 0 Å². The van der Waals surface area contributed by atoms with Crippen LogP contribution in [0.5, 0.6) is 0 Å². The third-order valence-corrected chi connectivity index (χ3v) is 2.37. The Kier molecular flexibility index (Phi) is 3.70. The van der Waals surface area contributed by atoms with E-state index in [9.17, 15) is 4.79 Å². The van der Waals surface area contributed by atoms with Gasteiger partial charge in [0.15, 0.2) is 5.13 Å². The van der Waals surface area contributed by atoms with Gasteiger partial charge in [0.2, 0.25) is 0 Å². The lowest BCUT2D eigenvalue weighted by Gasteiger charge is -2.00. The number of aromatic nitrogens is 1. The van der Waals surface area contributed by atoms with E-state index in [1.807, 2.05) is 12.3 Å². The van der Waals surface area contributed by atoms with Crippen LogP contribution in [0.25, 0.3) is 0 Å². The van der Waals surface area contributed by atoms with Gasteiger partial charge in [-0.25, -0.2) is 4.98 Å². The second-order valence-corrected chi connectivity index (χ2v) is 3.41. The quantitative estimate of drug-likeness (QED) is 0.747. The Morgan fingerprint density at radius 3 is 3.08 bits per heavy atom. The van der Waals surface area contributed by atoms with Crippen molar-refractivity contribution >= 4 is 22.4 Å². The molecule has 0 saturated carbocycles. The molecule has 1 aromatic heterocycles. The molecule has 0 saturated heterocycles. The van der Waals surface area contributed by atoms with Crippen LogP contribution in [0, 0.1) is 6.92 Å². The Bertz CT molecular complexity index is 285. The van der Waals surface area contributed by atoms with Gasteiger partial charge in [-0.05, 0) is 6.92 Å². The maximum Gasteiger partial charge on any atom is 0.307 e. The first-order valence-electron chi connectivity index (χ1n) is 3.95. The van der Waals surface area contributed by atoms with Crippen molar-refractivity contribution in [2.45, 2.75) is 13.3 Å². The molecule has 0 atom stereocenters. The van der Waals surface area contributed by atoms with Gasteiger partial charge in [-0.3, -0.25) is 4.79 Å². The van der Waals surface area contributed by atoms with Gasteiger partial charge >= 0.3 is 5.97 Å². The van der Waals surface area contributed by atoms with Gasteiger partial charge in [-0.2, -0.15) is 0 Å². The van der Waals surface area contributed by atoms with Gasteiger partial charge in [-0.1, -0.05) is 0 Å². The van der Waals surface area contributed by atoms with Crippen LogP contribution in [0.4, 0.5) is 5.13 Å². The van der Waals surface area contributed by atoms with E-state index >= 15 is 0 Å². The molecule has 1 rings (SSSR count). The van der Waals surface area contributed by atoms with Gasteiger partial charge in [0.25, 0.3) is 0 Å². The summed E-state index contributed by atoms with van der Waals surface area (Å²) in [5.41, 5.74) is 0.991. The van der Waals surface area contributed by atoms with Crippen molar-refractivity contribution in [1.29, 1.82) is 0 Å². The monoisotopic (exact) mass is 200 g/mol. The van der Waals surface area contributed by atoms with E-state index in [1.54, 1.807) is 0 Å². The van der Waals surface area contributed by atoms with Crippen molar-refractivity contribution in [1.82, 2.24) is 4.98 Å². The number of methoxy groups -OCH3 is 1. The molecular formula is C8H12N2O2S. The predicted molar refractivity (Wildman–Crippen MR) is 52.0 cm³/mol. The second-order valence-electron chi connectivity index (χ2n) is 2.55. The zero-order chi connectivity index (χ0) is 9.68. The van der Waals surface area contributed by atoms with Crippen molar-refractivity contribution in [3.63, 3.8) is 0 Å². The fourth-order valence-corrected chi connectivity index (χ4v) is 1.53. The second kappa shape index (κ2) is 4.81. The first kappa shape index (κ1) is 9.98. The predicted octanol–water partition coefficient (Wildman–Crippen LogP) is 1.43. The lowest BCUT2D eigenvalue weighted by molar-refractivity contribution is -0.140. The summed E-state index contributed by atoms with van der Waals surface area (Å²) in [4.78, 5) is 14.9. The zero-order valence-corrected chi connectivity index (χ0v) is 8.48. The minimum Gasteiger partial charge on any atom is -0.469 e. The molecule has 1 aromatic rings. The summed E-state index contributed by atoms with van der Waals surface area (Å²) in [6.07, 6.45) is 0.370. The molecule has 0 aliphatic carbocycles. The van der Waals surface area contributed by atoms with Crippen LogP contribution in [0.1, 0.15) is 12.1 Å². The summed E-state index contributed by atoms with van der Waals surface area (Å²) >= 11 is 1.53. The number of carbonyl (C=O) groups excluding carboxylic acids is 1. The number of nitrogens with zero attached hydrogens (tertiary/aromatic N) is 1. The Hall–Kier alpha value is -1.10. The molecule has 0 radical (unpaired) electrons. The molecule has 1 N–H and O–H groups in total. The molecule has 0 spiro atoms. The average Bonchev–Trinajstić information content (AvgIpc) is 2.51. The summed E-state index contributed by atoms with van der Waals surface area (Å²) in [6, 6.07) is 0. The van der Waals surface area contributed by atoms with Crippen molar-refractivity contribution < 1.29 is 9.53 Å². The summed E-state index contributed by atoms with van der Waals surface area (Å²) in [5.74, 6) is -0.208. The number of rotatable bonds is 4. The van der Waals surface area contributed by atoms with Gasteiger partial charge in [-0.15, -0.1) is 11.3 Å². The minimum absolute atomic E-state index is 0.208. The van der Waals surface area contributed by atoms with Crippen LogP contribution in [-0.2, 0) is 9.53 Å². The first-order valence-corrected chi connectivity index (χ1v) is 4.83. The number of esters is 1. The van der Waals surface area contributed by atoms with Gasteiger partial charge in [0.1, 0.15) is 0 Å². The van der Waals surface area contributed by atoms with E-state index in [0.717, 1.165) is 10.8 Å². The number of nitrogens with one attached hydrogen (secondary N) is 1. The maximum atomic E-state index is 10.7. The largest absolute Gasteiger partial charge is 0.469 e. The number of anilines is 1. The summed E-state index contributed by atoms with van der Waals surface area (Å²) < 4.78 is 4.50. The molecule has 0 aromatic carbocycles. The standard InChI is InChI=1S/C8H12N2O2S/c1-6-5-13-8(10-6)9-4-3-7(11)12-2/h5H,3-4H2,1-2H3,(H,9,10). The van der Waals surface area contributed by atoms with E-state index < -0.39 is 0 Å². The lowest BCUT2D eigenvalue weighted by atomic mass is 10.4. The van der Waals surface area contributed by atoms with E-state index in [-0.39, 0.29) is 5.97 Å². The van der Waals surface area contributed by atoms with Crippen LogP contribution in [-0.4, -0.2) is 24.6 Å². The molecule has 0 aliphatic rings. The number of hydrogen-bond acceptors (Lipinski definition) is 5. The number of thiazole rings is 1. The number of ether oxygens (including phenoxy) is 1. The first-order chi connectivity index (χ1) is 6.22. The van der Waals surface area contributed by atoms with Crippen molar-refractivity contribution in [2.24, 2.45) is 0 Å². The van der Waals surface area contributed by atoms with Crippen molar-refractivity contribution in [3.8, 4) is 0 Å². The summed E-state index contributed by atoms with van der Waals surface area (Å²) in [7, 11) is 1.38. The molecule has 1 heterocycles. The highest BCUT2D eigenvalue weighted by molar-refractivity contribution is 7.13. The summed E-state index contributed by atoms with van der Waals surface area (Å²) in [6.45, 7) is 2.50. The highest BCUT2D eigenvalue weighted by Gasteiger charge is 2.00. The highest BCUT2D eigenvalue weighted by atomic mass is 32.1. The van der Waals surface area contributed by atoms with E-state index in [1.165, 1.54) is 18.4 Å². The topological polar surface area (TPSA) is 51.2 Å². The molecule has 0 unspecified atom stereocenters. The summed E-state index contributed by atoms with van der Waals surface area (Å²) in [5, 5.41) is 5.84. The van der Waals surface area contributed by atoms with E-state index in [2.05, 4.69) is 15.0 Å². The normalized spacial score (nSPS) is 9.69. The Labute approximate surface area is 80.9 Å². The molecule has 0 fully saturated rings. The van der Waals surface area contributed by atoms with E-state index in [0.29, 0.717) is 13.0 Å². The molecule has 0 amide bonds. The van der Waals surface area contributed by atoms with Crippen LogP contribution in [0.15, 0.2) is 5.38 Å². The third-order valence-electron chi connectivity index (χ3n) is 1.45. The van der Waals surface area contributed by atoms with Gasteiger partial charge in [0.05, 0.1) is 19.2 Å². The molecule has 72 valence electrons. The molecule has 0 bridgehead atoms. The molecule has 13 heavy (non-hydrogen) atoms. The third kappa shape index (κ3) is 3.42. The van der Waals surface area contributed by atoms with Gasteiger partial charge < -0.3 is 10.1 Å². The highest BCUT2D eigenvalue weighted by Crippen LogP contribution is 2.13. The van der Waals surface area contributed by atoms with E-state index in [4.69, 9.17) is 0 Å². The van der Waals surface area contributed by atoms with Crippen molar-refractivity contribution in [3.05, 3.63) is 11.1 Å². The van der Waals surface area contributed by atoms with Crippen LogP contribution in [0.3, 0.4) is 0 Å². The fraction of sp³-hybridized carbons (Fsp3) is 0.500. The maximum absolute atomic E-state index is 10.7. The number of carbonyl (C=O) groups is 1. The SMILES string of the molecule is COC(=O)CCNc1nc(C)cs1. The number of aryl methyl sites for hydroxylation is 1. The molecular weight excluding hydrogens is 188 g/mol. The minimum atomic E-state index is -0.208. The average molecular weight is 200 g/mol. The Morgan fingerprint density at radius 2 is 2.54 bits per heavy atom.